The third kappa shape index (κ3) is 3.96. The largest absolute Gasteiger partial charge is 0.469 e. The van der Waals surface area contributed by atoms with E-state index >= 15 is 0 Å². The van der Waals surface area contributed by atoms with Crippen molar-refractivity contribution in [2.24, 2.45) is 46.3 Å². The molecule has 4 aliphatic carbocycles. The monoisotopic (exact) mass is 460 g/mol. The second-order valence-electron chi connectivity index (χ2n) is 11.6. The van der Waals surface area contributed by atoms with Crippen molar-refractivity contribution < 1.29 is 29.0 Å². The lowest BCUT2D eigenvalue weighted by Crippen LogP contribution is -2.62. The second kappa shape index (κ2) is 8.83. The van der Waals surface area contributed by atoms with E-state index in [0.29, 0.717) is 31.6 Å². The van der Waals surface area contributed by atoms with Gasteiger partial charge in [-0.1, -0.05) is 26.8 Å². The molecule has 4 aliphatic rings. The van der Waals surface area contributed by atoms with Gasteiger partial charge < -0.3 is 14.6 Å². The number of methoxy groups -OCH3 is 1. The van der Waals surface area contributed by atoms with Crippen molar-refractivity contribution in [3.05, 3.63) is 12.2 Å². The summed E-state index contributed by atoms with van der Waals surface area (Å²) < 4.78 is 10.8. The molecule has 0 spiro atoms. The SMILES string of the molecule is COC(=O)CC[C@@H](C)[C@H]1CC[C@H]2C3C(C[C@H](O)[C@]12C)[C@@]1(C)C=CC(=O)C[C@H]1C[C@H]3OC(C)=O. The molecule has 0 aromatic carbocycles. The van der Waals surface area contributed by atoms with Crippen molar-refractivity contribution in [1.82, 2.24) is 0 Å². The van der Waals surface area contributed by atoms with Crippen LogP contribution < -0.4 is 0 Å². The summed E-state index contributed by atoms with van der Waals surface area (Å²) in [5, 5.41) is 11.7. The summed E-state index contributed by atoms with van der Waals surface area (Å²) in [5.41, 5.74) is -0.460. The van der Waals surface area contributed by atoms with E-state index in [0.717, 1.165) is 19.3 Å². The van der Waals surface area contributed by atoms with E-state index in [1.807, 2.05) is 0 Å². The first-order chi connectivity index (χ1) is 15.5. The van der Waals surface area contributed by atoms with E-state index in [1.54, 1.807) is 6.08 Å². The molecule has 33 heavy (non-hydrogen) atoms. The fraction of sp³-hybridized carbons (Fsp3) is 0.815. The first-order valence-electron chi connectivity index (χ1n) is 12.7. The highest BCUT2D eigenvalue weighted by molar-refractivity contribution is 5.91. The van der Waals surface area contributed by atoms with Crippen LogP contribution >= 0.6 is 0 Å². The second-order valence-corrected chi connectivity index (χ2v) is 11.6. The van der Waals surface area contributed by atoms with Gasteiger partial charge in [0.25, 0.3) is 0 Å². The van der Waals surface area contributed by atoms with Crippen LogP contribution in [0, 0.1) is 46.3 Å². The molecular formula is C27H40O6. The van der Waals surface area contributed by atoms with Crippen LogP contribution in [0.15, 0.2) is 12.2 Å². The number of ether oxygens (including phenoxy) is 2. The Balaban J connectivity index is 1.67. The zero-order valence-electron chi connectivity index (χ0n) is 20.7. The van der Waals surface area contributed by atoms with Gasteiger partial charge in [-0.25, -0.2) is 0 Å². The van der Waals surface area contributed by atoms with Crippen LogP contribution in [0.2, 0.25) is 0 Å². The van der Waals surface area contributed by atoms with Crippen LogP contribution in [0.25, 0.3) is 0 Å². The summed E-state index contributed by atoms with van der Waals surface area (Å²) in [6, 6.07) is 0. The highest BCUT2D eigenvalue weighted by atomic mass is 16.5. The van der Waals surface area contributed by atoms with E-state index in [9.17, 15) is 19.5 Å². The van der Waals surface area contributed by atoms with Gasteiger partial charge in [-0.15, -0.1) is 0 Å². The number of allylic oxidation sites excluding steroid dienone is 2. The molecule has 0 aromatic rings. The molecule has 1 N–H and O–H groups in total. The molecule has 10 atom stereocenters. The highest BCUT2D eigenvalue weighted by Crippen LogP contribution is 2.68. The summed E-state index contributed by atoms with van der Waals surface area (Å²) in [5.74, 6) is 0.977. The Morgan fingerprint density at radius 3 is 2.61 bits per heavy atom. The van der Waals surface area contributed by atoms with Gasteiger partial charge in [0.2, 0.25) is 0 Å². The highest BCUT2D eigenvalue weighted by Gasteiger charge is 2.66. The number of fused-ring (bicyclic) bond motifs is 5. The number of hydrogen-bond donors (Lipinski definition) is 1. The summed E-state index contributed by atoms with van der Waals surface area (Å²) in [6.45, 7) is 8.13. The lowest BCUT2D eigenvalue weighted by atomic mass is 9.44. The maximum atomic E-state index is 12.2. The van der Waals surface area contributed by atoms with E-state index in [2.05, 4.69) is 26.8 Å². The molecule has 0 amide bonds. The van der Waals surface area contributed by atoms with Gasteiger partial charge in [-0.3, -0.25) is 14.4 Å². The third-order valence-electron chi connectivity index (χ3n) is 10.2. The first-order valence-corrected chi connectivity index (χ1v) is 12.7. The Hall–Kier alpha value is -1.69. The number of aliphatic hydroxyl groups excluding tert-OH is 1. The molecular weight excluding hydrogens is 420 g/mol. The average molecular weight is 461 g/mol. The van der Waals surface area contributed by atoms with Crippen molar-refractivity contribution in [2.75, 3.05) is 7.11 Å². The van der Waals surface area contributed by atoms with Crippen LogP contribution in [0.1, 0.15) is 72.6 Å². The number of esters is 2. The Kier molecular flexibility index (Phi) is 6.54. The van der Waals surface area contributed by atoms with Crippen LogP contribution in [0.3, 0.4) is 0 Å². The molecule has 184 valence electrons. The fourth-order valence-corrected chi connectivity index (χ4v) is 8.50. The number of carbonyl (C=O) groups is 3. The maximum absolute atomic E-state index is 12.2. The van der Waals surface area contributed by atoms with Crippen molar-refractivity contribution in [3.63, 3.8) is 0 Å². The minimum Gasteiger partial charge on any atom is -0.469 e. The molecule has 0 aliphatic heterocycles. The Bertz CT molecular complexity index is 834. The number of aliphatic hydroxyl groups is 1. The van der Waals surface area contributed by atoms with Crippen molar-refractivity contribution >= 4 is 17.7 Å². The van der Waals surface area contributed by atoms with Gasteiger partial charge in [0, 0.05) is 25.7 Å². The summed E-state index contributed by atoms with van der Waals surface area (Å²) in [4.78, 5) is 36.0. The summed E-state index contributed by atoms with van der Waals surface area (Å²) in [7, 11) is 1.42. The Morgan fingerprint density at radius 1 is 1.21 bits per heavy atom. The smallest absolute Gasteiger partial charge is 0.305 e. The molecule has 0 radical (unpaired) electrons. The standard InChI is InChI=1S/C27H40O6/c1-15(6-9-24(31)32-5)19-7-8-20-25-21(14-23(30)27(19,20)4)26(3)11-10-18(29)12-17(26)13-22(25)33-16(2)28/h10-11,15,17,19-23,25,30H,6-9,12-14H2,1-5H3/t15-,17+,19-,20+,21?,22-,23+,25?,26+,27-/m1/s1. The van der Waals surface area contributed by atoms with Gasteiger partial charge in [-0.05, 0) is 78.6 Å². The summed E-state index contributed by atoms with van der Waals surface area (Å²) >= 11 is 0. The minimum atomic E-state index is -0.462. The molecule has 3 fully saturated rings. The predicted octanol–water partition coefficient (Wildman–Crippen LogP) is 4.09. The Morgan fingerprint density at radius 2 is 1.94 bits per heavy atom. The van der Waals surface area contributed by atoms with Crippen LogP contribution in [-0.4, -0.2) is 42.1 Å². The van der Waals surface area contributed by atoms with E-state index in [-0.39, 0.29) is 64.2 Å². The van der Waals surface area contributed by atoms with Gasteiger partial charge in [-0.2, -0.15) is 0 Å². The number of carbonyl (C=O) groups excluding carboxylic acids is 3. The maximum Gasteiger partial charge on any atom is 0.305 e. The average Bonchev–Trinajstić information content (AvgIpc) is 3.11. The van der Waals surface area contributed by atoms with Crippen molar-refractivity contribution in [2.45, 2.75) is 84.8 Å². The van der Waals surface area contributed by atoms with Crippen LogP contribution in [0.5, 0.6) is 0 Å². The molecule has 3 saturated carbocycles. The van der Waals surface area contributed by atoms with Gasteiger partial charge in [0.15, 0.2) is 5.78 Å². The molecule has 4 rings (SSSR count). The molecule has 6 nitrogen and oxygen atoms in total. The van der Waals surface area contributed by atoms with Crippen LogP contribution in [0.4, 0.5) is 0 Å². The number of hydrogen-bond acceptors (Lipinski definition) is 6. The third-order valence-corrected chi connectivity index (χ3v) is 10.2. The first kappa shape index (κ1) is 24.4. The minimum absolute atomic E-state index is 0.133. The number of ketones is 1. The topological polar surface area (TPSA) is 89.9 Å². The Labute approximate surface area is 197 Å². The quantitative estimate of drug-likeness (QED) is 0.622. The molecule has 2 unspecified atom stereocenters. The zero-order chi connectivity index (χ0) is 24.1. The lowest BCUT2D eigenvalue weighted by molar-refractivity contribution is -0.199. The van der Waals surface area contributed by atoms with Gasteiger partial charge in [0.1, 0.15) is 6.10 Å². The lowest BCUT2D eigenvalue weighted by Gasteiger charge is -2.62. The van der Waals surface area contributed by atoms with E-state index in [1.165, 1.54) is 14.0 Å². The molecule has 6 heteroatoms. The number of rotatable bonds is 5. The van der Waals surface area contributed by atoms with Crippen LogP contribution in [-0.2, 0) is 23.9 Å². The zero-order valence-corrected chi connectivity index (χ0v) is 20.7. The molecule has 0 bridgehead atoms. The normalized spacial score (nSPS) is 44.9. The predicted molar refractivity (Wildman–Crippen MR) is 123 cm³/mol. The van der Waals surface area contributed by atoms with Crippen molar-refractivity contribution in [1.29, 1.82) is 0 Å². The van der Waals surface area contributed by atoms with Gasteiger partial charge >= 0.3 is 11.9 Å². The van der Waals surface area contributed by atoms with Crippen molar-refractivity contribution in [3.8, 4) is 0 Å². The summed E-state index contributed by atoms with van der Waals surface area (Å²) in [6.07, 6.45) is 8.12. The van der Waals surface area contributed by atoms with E-state index < -0.39 is 6.10 Å². The van der Waals surface area contributed by atoms with E-state index in [4.69, 9.17) is 9.47 Å². The molecule has 0 heterocycles. The fourth-order valence-electron chi connectivity index (χ4n) is 8.50. The molecule has 0 aromatic heterocycles. The molecule has 0 saturated heterocycles. The van der Waals surface area contributed by atoms with Gasteiger partial charge in [0.05, 0.1) is 13.2 Å².